The summed E-state index contributed by atoms with van der Waals surface area (Å²) in [4.78, 5) is 23.7. The van der Waals surface area contributed by atoms with E-state index in [1.165, 1.54) is 32.3 Å². The summed E-state index contributed by atoms with van der Waals surface area (Å²) in [7, 11) is 0. The van der Waals surface area contributed by atoms with Crippen LogP contribution in [-0.4, -0.2) is 31.3 Å². The van der Waals surface area contributed by atoms with E-state index < -0.39 is 35.2 Å². The SMILES string of the molecule is CCCCCCCOc1ccc(-c2ccc(C(=O)OC(C)C(=O)OCC)c(F)c2F)cc1. The lowest BCUT2D eigenvalue weighted by Crippen LogP contribution is -2.26. The number of carbonyl (C=O) groups is 2. The average Bonchev–Trinajstić information content (AvgIpc) is 2.78. The summed E-state index contributed by atoms with van der Waals surface area (Å²) in [6, 6.07) is 9.09. The summed E-state index contributed by atoms with van der Waals surface area (Å²) >= 11 is 0. The molecule has 174 valence electrons. The highest BCUT2D eigenvalue weighted by molar-refractivity contribution is 5.92. The van der Waals surface area contributed by atoms with Crippen LogP contribution in [0.15, 0.2) is 36.4 Å². The zero-order chi connectivity index (χ0) is 23.5. The van der Waals surface area contributed by atoms with Crippen LogP contribution in [0.1, 0.15) is 63.2 Å². The van der Waals surface area contributed by atoms with Crippen molar-refractivity contribution in [2.45, 2.75) is 59.0 Å². The second-order valence-electron chi connectivity index (χ2n) is 7.38. The lowest BCUT2D eigenvalue weighted by atomic mass is 10.0. The molecule has 0 saturated heterocycles. The van der Waals surface area contributed by atoms with Crippen molar-refractivity contribution in [2.24, 2.45) is 0 Å². The first kappa shape index (κ1) is 25.3. The molecule has 0 fully saturated rings. The number of unbranched alkanes of at least 4 members (excludes halogenated alkanes) is 4. The molecule has 0 aliphatic carbocycles. The van der Waals surface area contributed by atoms with Crippen LogP contribution in [0.4, 0.5) is 8.78 Å². The first-order chi connectivity index (χ1) is 15.4. The summed E-state index contributed by atoms with van der Waals surface area (Å²) in [5.74, 6) is -3.76. The maximum absolute atomic E-state index is 14.7. The van der Waals surface area contributed by atoms with Crippen LogP contribution in [-0.2, 0) is 14.3 Å². The molecule has 0 amide bonds. The van der Waals surface area contributed by atoms with E-state index in [9.17, 15) is 18.4 Å². The van der Waals surface area contributed by atoms with Crippen molar-refractivity contribution in [2.75, 3.05) is 13.2 Å². The highest BCUT2D eigenvalue weighted by atomic mass is 19.2. The summed E-state index contributed by atoms with van der Waals surface area (Å²) in [6.45, 7) is 5.79. The Hall–Kier alpha value is -2.96. The van der Waals surface area contributed by atoms with Crippen LogP contribution in [0.2, 0.25) is 0 Å². The van der Waals surface area contributed by atoms with Crippen molar-refractivity contribution >= 4 is 11.9 Å². The van der Waals surface area contributed by atoms with E-state index in [2.05, 4.69) is 6.92 Å². The van der Waals surface area contributed by atoms with Gasteiger partial charge in [0.1, 0.15) is 5.75 Å². The van der Waals surface area contributed by atoms with Crippen molar-refractivity contribution in [1.82, 2.24) is 0 Å². The number of halogens is 2. The van der Waals surface area contributed by atoms with Gasteiger partial charge in [0, 0.05) is 5.56 Å². The monoisotopic (exact) mass is 448 g/mol. The first-order valence-corrected chi connectivity index (χ1v) is 11.0. The van der Waals surface area contributed by atoms with Gasteiger partial charge < -0.3 is 14.2 Å². The molecular formula is C25H30F2O5. The Kier molecular flexibility index (Phi) is 10.1. The molecule has 0 bridgehead atoms. The predicted octanol–water partition coefficient (Wildman–Crippen LogP) is 6.09. The number of esters is 2. The number of ether oxygens (including phenoxy) is 3. The van der Waals surface area contributed by atoms with Gasteiger partial charge in [-0.2, -0.15) is 0 Å². The first-order valence-electron chi connectivity index (χ1n) is 11.0. The fourth-order valence-corrected chi connectivity index (χ4v) is 3.09. The van der Waals surface area contributed by atoms with Gasteiger partial charge in [0.25, 0.3) is 0 Å². The maximum atomic E-state index is 14.7. The minimum absolute atomic E-state index is 0.00334. The zero-order valence-corrected chi connectivity index (χ0v) is 18.8. The largest absolute Gasteiger partial charge is 0.494 e. The van der Waals surface area contributed by atoms with Gasteiger partial charge in [-0.1, -0.05) is 50.8 Å². The molecule has 1 atom stereocenters. The van der Waals surface area contributed by atoms with Crippen LogP contribution in [0.25, 0.3) is 11.1 Å². The molecular weight excluding hydrogens is 418 g/mol. The highest BCUT2D eigenvalue weighted by Gasteiger charge is 2.25. The molecule has 2 aromatic rings. The predicted molar refractivity (Wildman–Crippen MR) is 118 cm³/mol. The molecule has 0 saturated carbocycles. The Bertz CT molecular complexity index is 896. The van der Waals surface area contributed by atoms with Crippen LogP contribution < -0.4 is 4.74 Å². The van der Waals surface area contributed by atoms with Crippen LogP contribution in [0.3, 0.4) is 0 Å². The minimum Gasteiger partial charge on any atom is -0.494 e. The van der Waals surface area contributed by atoms with Gasteiger partial charge in [0.05, 0.1) is 18.8 Å². The Morgan fingerprint density at radius 3 is 2.25 bits per heavy atom. The lowest BCUT2D eigenvalue weighted by molar-refractivity contribution is -0.152. The molecule has 0 radical (unpaired) electrons. The second-order valence-corrected chi connectivity index (χ2v) is 7.38. The minimum atomic E-state index is -1.34. The van der Waals surface area contributed by atoms with Crippen molar-refractivity contribution in [3.8, 4) is 16.9 Å². The van der Waals surface area contributed by atoms with Gasteiger partial charge in [0.15, 0.2) is 17.7 Å². The molecule has 2 aromatic carbocycles. The third-order valence-electron chi connectivity index (χ3n) is 4.89. The summed E-state index contributed by atoms with van der Waals surface area (Å²) in [5.41, 5.74) is -0.148. The number of carbonyl (C=O) groups excluding carboxylic acids is 2. The Morgan fingerprint density at radius 1 is 0.906 bits per heavy atom. The van der Waals surface area contributed by atoms with Gasteiger partial charge in [0.2, 0.25) is 0 Å². The molecule has 5 nitrogen and oxygen atoms in total. The molecule has 2 rings (SSSR count). The van der Waals surface area contributed by atoms with E-state index in [0.717, 1.165) is 18.9 Å². The topological polar surface area (TPSA) is 61.8 Å². The second kappa shape index (κ2) is 12.8. The number of hydrogen-bond acceptors (Lipinski definition) is 5. The summed E-state index contributed by atoms with van der Waals surface area (Å²) < 4.78 is 44.5. The normalized spacial score (nSPS) is 11.7. The quantitative estimate of drug-likeness (QED) is 0.290. The Labute approximate surface area is 187 Å². The Morgan fingerprint density at radius 2 is 1.59 bits per heavy atom. The average molecular weight is 449 g/mol. The molecule has 0 heterocycles. The van der Waals surface area contributed by atoms with E-state index in [4.69, 9.17) is 14.2 Å². The molecule has 1 unspecified atom stereocenters. The van der Waals surface area contributed by atoms with E-state index in [-0.39, 0.29) is 12.2 Å². The van der Waals surface area contributed by atoms with E-state index in [1.54, 1.807) is 31.2 Å². The van der Waals surface area contributed by atoms with Crippen molar-refractivity contribution in [3.63, 3.8) is 0 Å². The number of hydrogen-bond donors (Lipinski definition) is 0. The van der Waals surface area contributed by atoms with Crippen LogP contribution in [0, 0.1) is 11.6 Å². The van der Waals surface area contributed by atoms with E-state index in [1.807, 2.05) is 0 Å². The van der Waals surface area contributed by atoms with Gasteiger partial charge >= 0.3 is 11.9 Å². The van der Waals surface area contributed by atoms with Gasteiger partial charge in [-0.3, -0.25) is 0 Å². The smallest absolute Gasteiger partial charge is 0.347 e. The van der Waals surface area contributed by atoms with Gasteiger partial charge in [-0.25, -0.2) is 18.4 Å². The third-order valence-corrected chi connectivity index (χ3v) is 4.89. The molecule has 0 aliphatic heterocycles. The zero-order valence-electron chi connectivity index (χ0n) is 18.8. The lowest BCUT2D eigenvalue weighted by Gasteiger charge is -2.13. The maximum Gasteiger partial charge on any atom is 0.347 e. The van der Waals surface area contributed by atoms with Crippen molar-refractivity contribution in [3.05, 3.63) is 53.6 Å². The van der Waals surface area contributed by atoms with Gasteiger partial charge in [-0.15, -0.1) is 0 Å². The van der Waals surface area contributed by atoms with Gasteiger partial charge in [-0.05, 0) is 44.0 Å². The van der Waals surface area contributed by atoms with E-state index in [0.29, 0.717) is 17.9 Å². The fourth-order valence-electron chi connectivity index (χ4n) is 3.09. The van der Waals surface area contributed by atoms with E-state index >= 15 is 0 Å². The highest BCUT2D eigenvalue weighted by Crippen LogP contribution is 2.28. The van der Waals surface area contributed by atoms with Crippen LogP contribution in [0.5, 0.6) is 5.75 Å². The van der Waals surface area contributed by atoms with Crippen molar-refractivity contribution in [1.29, 1.82) is 0 Å². The molecule has 0 aromatic heterocycles. The third kappa shape index (κ3) is 7.04. The fraction of sp³-hybridized carbons (Fsp3) is 0.440. The van der Waals surface area contributed by atoms with Crippen LogP contribution >= 0.6 is 0 Å². The molecule has 32 heavy (non-hydrogen) atoms. The summed E-state index contributed by atoms with van der Waals surface area (Å²) in [5, 5.41) is 0. The molecule has 0 N–H and O–H groups in total. The summed E-state index contributed by atoms with van der Waals surface area (Å²) in [6.07, 6.45) is 4.45. The standard InChI is InChI=1S/C25H30F2O5/c1-4-6-7-8-9-16-31-19-12-10-18(11-13-19)20-14-15-21(23(27)22(20)26)25(29)32-17(3)24(28)30-5-2/h10-15,17H,4-9,16H2,1-3H3. The number of benzene rings is 2. The van der Waals surface area contributed by atoms with Crippen molar-refractivity contribution < 1.29 is 32.6 Å². The molecule has 0 aliphatic rings. The Balaban J connectivity index is 2.03. The molecule has 7 heteroatoms. The molecule has 0 spiro atoms. The number of rotatable bonds is 12.